The van der Waals surface area contributed by atoms with E-state index < -0.39 is 0 Å². The first kappa shape index (κ1) is 27.0. The number of hydrogen-bond acceptors (Lipinski definition) is 4. The van der Waals surface area contributed by atoms with Crippen molar-refractivity contribution < 1.29 is 0 Å². The number of benzene rings is 1. The SMILES string of the molecule is CCCCN(C)c1cc(Sc2ccc3c(c2)nc(C(C)(C)C)n3CC(CCC)CCC2CC2)ccn1. The molecule has 0 radical (unpaired) electrons. The number of hydrogen-bond donors (Lipinski definition) is 0. The summed E-state index contributed by atoms with van der Waals surface area (Å²) in [6, 6.07) is 11.2. The highest BCUT2D eigenvalue weighted by Gasteiger charge is 2.26. The molecule has 1 fully saturated rings. The highest BCUT2D eigenvalue weighted by atomic mass is 32.2. The predicted octanol–water partition coefficient (Wildman–Crippen LogP) is 8.72. The Morgan fingerprint density at radius 2 is 1.83 bits per heavy atom. The van der Waals surface area contributed by atoms with Crippen LogP contribution < -0.4 is 4.90 Å². The third-order valence-corrected chi connectivity index (χ3v) is 8.38. The van der Waals surface area contributed by atoms with Crippen LogP contribution in [0.3, 0.4) is 0 Å². The summed E-state index contributed by atoms with van der Waals surface area (Å²) in [5.41, 5.74) is 2.42. The number of rotatable bonds is 13. The van der Waals surface area contributed by atoms with Gasteiger partial charge in [0.2, 0.25) is 0 Å². The summed E-state index contributed by atoms with van der Waals surface area (Å²) in [4.78, 5) is 14.5. The first-order valence-corrected chi connectivity index (χ1v) is 15.0. The van der Waals surface area contributed by atoms with E-state index in [1.165, 1.54) is 72.5 Å². The van der Waals surface area contributed by atoms with E-state index in [0.717, 1.165) is 36.3 Å². The Bertz CT molecular complexity index is 1130. The Labute approximate surface area is 223 Å². The lowest BCUT2D eigenvalue weighted by molar-refractivity contribution is 0.356. The average molecular weight is 507 g/mol. The Kier molecular flexibility index (Phi) is 9.03. The van der Waals surface area contributed by atoms with E-state index >= 15 is 0 Å². The monoisotopic (exact) mass is 506 g/mol. The standard InChI is InChI=1S/C31H46N4S/c1-7-9-19-34(6)29-21-26(17-18-32-29)36-25-15-16-28-27(20-25)33-30(31(3,4)5)35(28)22-24(10-8-2)14-13-23-11-12-23/h15-18,20-21,23-24H,7-14,19,22H2,1-6H3. The number of pyridine rings is 1. The Hall–Kier alpha value is -2.01. The lowest BCUT2D eigenvalue weighted by Gasteiger charge is -2.24. The Balaban J connectivity index is 1.57. The van der Waals surface area contributed by atoms with Gasteiger partial charge in [-0.05, 0) is 61.4 Å². The van der Waals surface area contributed by atoms with E-state index in [9.17, 15) is 0 Å². The molecule has 1 atom stereocenters. The smallest absolute Gasteiger partial charge is 0.129 e. The summed E-state index contributed by atoms with van der Waals surface area (Å²) in [5.74, 6) is 4.01. The average Bonchev–Trinajstić information content (AvgIpc) is 3.61. The van der Waals surface area contributed by atoms with Crippen LogP contribution in [0.2, 0.25) is 0 Å². The number of anilines is 1. The molecule has 1 saturated carbocycles. The molecule has 0 spiro atoms. The fraction of sp³-hybridized carbons (Fsp3) is 0.613. The predicted molar refractivity (Wildman–Crippen MR) is 155 cm³/mol. The van der Waals surface area contributed by atoms with Gasteiger partial charge in [-0.3, -0.25) is 0 Å². The quantitative estimate of drug-likeness (QED) is 0.232. The van der Waals surface area contributed by atoms with Gasteiger partial charge >= 0.3 is 0 Å². The van der Waals surface area contributed by atoms with Crippen molar-refractivity contribution >= 4 is 28.6 Å². The molecule has 4 nitrogen and oxygen atoms in total. The van der Waals surface area contributed by atoms with Crippen molar-refractivity contribution in [3.8, 4) is 0 Å². The molecule has 0 N–H and O–H groups in total. The summed E-state index contributed by atoms with van der Waals surface area (Å²) >= 11 is 1.80. The molecule has 2 heterocycles. The van der Waals surface area contributed by atoms with Crippen molar-refractivity contribution in [2.24, 2.45) is 11.8 Å². The summed E-state index contributed by atoms with van der Waals surface area (Å²) in [7, 11) is 2.13. The molecular weight excluding hydrogens is 460 g/mol. The van der Waals surface area contributed by atoms with Crippen LogP contribution in [0.5, 0.6) is 0 Å². The summed E-state index contributed by atoms with van der Waals surface area (Å²) < 4.78 is 2.55. The van der Waals surface area contributed by atoms with Gasteiger partial charge in [0.1, 0.15) is 11.6 Å². The maximum absolute atomic E-state index is 5.22. The fourth-order valence-electron chi connectivity index (χ4n) is 5.12. The van der Waals surface area contributed by atoms with Crippen molar-refractivity contribution in [2.75, 3.05) is 18.5 Å². The maximum Gasteiger partial charge on any atom is 0.129 e. The minimum Gasteiger partial charge on any atom is -0.360 e. The van der Waals surface area contributed by atoms with Gasteiger partial charge < -0.3 is 9.47 Å². The van der Waals surface area contributed by atoms with Crippen LogP contribution in [0.15, 0.2) is 46.3 Å². The Morgan fingerprint density at radius 3 is 2.53 bits per heavy atom. The van der Waals surface area contributed by atoms with Gasteiger partial charge in [0, 0.05) is 41.5 Å². The molecule has 0 aliphatic heterocycles. The second-order valence-corrected chi connectivity index (χ2v) is 13.0. The molecule has 4 rings (SSSR count). The highest BCUT2D eigenvalue weighted by molar-refractivity contribution is 7.99. The lowest BCUT2D eigenvalue weighted by Crippen LogP contribution is -2.22. The molecule has 1 unspecified atom stereocenters. The van der Waals surface area contributed by atoms with Crippen LogP contribution in [0, 0.1) is 11.8 Å². The first-order valence-electron chi connectivity index (χ1n) is 14.1. The highest BCUT2D eigenvalue weighted by Crippen LogP contribution is 2.37. The van der Waals surface area contributed by atoms with E-state index in [2.05, 4.69) is 86.4 Å². The van der Waals surface area contributed by atoms with E-state index in [1.54, 1.807) is 11.8 Å². The zero-order valence-corrected chi connectivity index (χ0v) is 24.2. The first-order chi connectivity index (χ1) is 17.3. The van der Waals surface area contributed by atoms with Crippen molar-refractivity contribution in [1.29, 1.82) is 0 Å². The molecule has 3 aromatic rings. The number of fused-ring (bicyclic) bond motifs is 1. The van der Waals surface area contributed by atoms with Gasteiger partial charge in [0.15, 0.2) is 0 Å². The molecule has 1 aliphatic carbocycles. The Morgan fingerprint density at radius 1 is 1.06 bits per heavy atom. The maximum atomic E-state index is 5.22. The second-order valence-electron chi connectivity index (χ2n) is 11.8. The molecule has 0 bridgehead atoms. The van der Waals surface area contributed by atoms with E-state index in [4.69, 9.17) is 4.98 Å². The second kappa shape index (κ2) is 12.0. The molecular formula is C31H46N4S. The largest absolute Gasteiger partial charge is 0.360 e. The third kappa shape index (κ3) is 7.06. The normalized spacial score (nSPS) is 14.9. The number of imidazole rings is 1. The number of aromatic nitrogens is 3. The summed E-state index contributed by atoms with van der Waals surface area (Å²) in [6.45, 7) is 13.6. The number of unbranched alkanes of at least 4 members (excludes halogenated alkanes) is 1. The van der Waals surface area contributed by atoms with Gasteiger partial charge in [-0.15, -0.1) is 0 Å². The van der Waals surface area contributed by atoms with E-state index in [1.807, 2.05) is 6.20 Å². The fourth-order valence-corrected chi connectivity index (χ4v) is 5.99. The molecule has 196 valence electrons. The van der Waals surface area contributed by atoms with Crippen LogP contribution in [0.4, 0.5) is 5.82 Å². The van der Waals surface area contributed by atoms with E-state index in [-0.39, 0.29) is 5.41 Å². The zero-order chi connectivity index (χ0) is 25.7. The van der Waals surface area contributed by atoms with Gasteiger partial charge in [0.05, 0.1) is 11.0 Å². The van der Waals surface area contributed by atoms with Crippen LogP contribution in [0.1, 0.15) is 91.8 Å². The molecule has 1 aliphatic rings. The summed E-state index contributed by atoms with van der Waals surface area (Å²) in [6.07, 6.45) is 12.5. The van der Waals surface area contributed by atoms with Crippen LogP contribution in [0.25, 0.3) is 11.0 Å². The van der Waals surface area contributed by atoms with Gasteiger partial charge in [-0.1, -0.05) is 78.5 Å². The topological polar surface area (TPSA) is 34.0 Å². The molecule has 36 heavy (non-hydrogen) atoms. The minimum atomic E-state index is 0.0165. The molecule has 5 heteroatoms. The molecule has 0 saturated heterocycles. The van der Waals surface area contributed by atoms with Crippen molar-refractivity contribution in [3.63, 3.8) is 0 Å². The lowest BCUT2D eigenvalue weighted by atomic mass is 9.93. The van der Waals surface area contributed by atoms with E-state index in [0.29, 0.717) is 0 Å². The van der Waals surface area contributed by atoms with Gasteiger partial charge in [-0.25, -0.2) is 9.97 Å². The zero-order valence-electron chi connectivity index (χ0n) is 23.4. The number of nitrogens with zero attached hydrogens (tertiary/aromatic N) is 4. The van der Waals surface area contributed by atoms with Gasteiger partial charge in [-0.2, -0.15) is 0 Å². The van der Waals surface area contributed by atoms with Gasteiger partial charge in [0.25, 0.3) is 0 Å². The summed E-state index contributed by atoms with van der Waals surface area (Å²) in [5, 5.41) is 0. The molecule has 2 aromatic heterocycles. The van der Waals surface area contributed by atoms with Crippen LogP contribution >= 0.6 is 11.8 Å². The van der Waals surface area contributed by atoms with Crippen molar-refractivity contribution in [3.05, 3.63) is 42.4 Å². The van der Waals surface area contributed by atoms with Crippen molar-refractivity contribution in [2.45, 2.75) is 108 Å². The third-order valence-electron chi connectivity index (χ3n) is 7.40. The molecule has 0 amide bonds. The molecule has 1 aromatic carbocycles. The van der Waals surface area contributed by atoms with Crippen LogP contribution in [-0.4, -0.2) is 28.1 Å². The van der Waals surface area contributed by atoms with Crippen LogP contribution in [-0.2, 0) is 12.0 Å². The minimum absolute atomic E-state index is 0.0165. The van der Waals surface area contributed by atoms with Crippen molar-refractivity contribution in [1.82, 2.24) is 14.5 Å².